The zero-order valence-electron chi connectivity index (χ0n) is 10.1. The molecule has 1 aliphatic heterocycles. The standard InChI is InChI=1S/C13H13BrO5/c14-8-4-9-13(19-5-18-9)11(12(8)17)7(3-10(15)16)6-1-2-6/h4,6-7,17H,1-3,5H2,(H,15,16). The Morgan fingerprint density at radius 3 is 2.84 bits per heavy atom. The van der Waals surface area contributed by atoms with Crippen LogP contribution in [0.1, 0.15) is 30.7 Å². The summed E-state index contributed by atoms with van der Waals surface area (Å²) >= 11 is 3.27. The fourth-order valence-electron chi connectivity index (χ4n) is 2.56. The third-order valence-corrected chi connectivity index (χ3v) is 4.19. The number of phenols is 1. The van der Waals surface area contributed by atoms with Crippen molar-refractivity contribution in [1.29, 1.82) is 0 Å². The smallest absolute Gasteiger partial charge is 0.303 e. The molecule has 3 rings (SSSR count). The van der Waals surface area contributed by atoms with Gasteiger partial charge in [0.15, 0.2) is 11.5 Å². The summed E-state index contributed by atoms with van der Waals surface area (Å²) in [7, 11) is 0. The molecule has 1 aromatic rings. The molecule has 1 unspecified atom stereocenters. The van der Waals surface area contributed by atoms with Gasteiger partial charge in [0.1, 0.15) is 5.75 Å². The predicted octanol–water partition coefficient (Wildman–Crippen LogP) is 2.85. The lowest BCUT2D eigenvalue weighted by atomic mass is 9.89. The number of halogens is 1. The summed E-state index contributed by atoms with van der Waals surface area (Å²) in [5.74, 6) is 0.288. The van der Waals surface area contributed by atoms with Crippen LogP contribution in [0.5, 0.6) is 17.2 Å². The molecule has 1 saturated carbocycles. The molecular formula is C13H13BrO5. The van der Waals surface area contributed by atoms with Crippen molar-refractivity contribution in [3.05, 3.63) is 16.1 Å². The molecule has 1 aromatic carbocycles. The average Bonchev–Trinajstić information content (AvgIpc) is 3.09. The highest BCUT2D eigenvalue weighted by atomic mass is 79.9. The van der Waals surface area contributed by atoms with E-state index in [0.717, 1.165) is 12.8 Å². The van der Waals surface area contributed by atoms with Gasteiger partial charge < -0.3 is 19.7 Å². The van der Waals surface area contributed by atoms with E-state index in [-0.39, 0.29) is 24.9 Å². The van der Waals surface area contributed by atoms with Gasteiger partial charge in [-0.1, -0.05) is 0 Å². The number of hydrogen-bond donors (Lipinski definition) is 2. The molecule has 1 atom stereocenters. The van der Waals surface area contributed by atoms with E-state index in [1.54, 1.807) is 6.07 Å². The molecule has 6 heteroatoms. The van der Waals surface area contributed by atoms with Gasteiger partial charge in [0.2, 0.25) is 6.79 Å². The SMILES string of the molecule is O=C(O)CC(c1c(O)c(Br)cc2c1OCO2)C1CC1. The minimum atomic E-state index is -0.871. The predicted molar refractivity (Wildman–Crippen MR) is 69.6 cm³/mol. The number of carboxylic acid groups (broad SMARTS) is 1. The highest BCUT2D eigenvalue weighted by Gasteiger charge is 2.39. The molecule has 102 valence electrons. The fourth-order valence-corrected chi connectivity index (χ4v) is 2.98. The number of carboxylic acids is 1. The maximum Gasteiger partial charge on any atom is 0.303 e. The fraction of sp³-hybridized carbons (Fsp3) is 0.462. The Bertz CT molecular complexity index is 538. The molecule has 1 heterocycles. The zero-order chi connectivity index (χ0) is 13.6. The van der Waals surface area contributed by atoms with Gasteiger partial charge in [-0.25, -0.2) is 0 Å². The quantitative estimate of drug-likeness (QED) is 0.888. The van der Waals surface area contributed by atoms with Gasteiger partial charge in [-0.2, -0.15) is 0 Å². The van der Waals surface area contributed by atoms with Crippen LogP contribution in [-0.4, -0.2) is 23.0 Å². The lowest BCUT2D eigenvalue weighted by Crippen LogP contribution is -2.10. The summed E-state index contributed by atoms with van der Waals surface area (Å²) in [6.07, 6.45) is 1.96. The maximum atomic E-state index is 11.0. The Hall–Kier alpha value is -1.43. The Balaban J connectivity index is 2.09. The van der Waals surface area contributed by atoms with Crippen molar-refractivity contribution in [3.63, 3.8) is 0 Å². The average molecular weight is 329 g/mol. The number of fused-ring (bicyclic) bond motifs is 1. The van der Waals surface area contributed by atoms with Gasteiger partial charge in [-0.05, 0) is 34.7 Å². The topological polar surface area (TPSA) is 76.0 Å². The van der Waals surface area contributed by atoms with Crippen molar-refractivity contribution in [2.24, 2.45) is 5.92 Å². The molecule has 0 spiro atoms. The number of rotatable bonds is 4. The van der Waals surface area contributed by atoms with Gasteiger partial charge in [0.25, 0.3) is 0 Å². The lowest BCUT2D eigenvalue weighted by molar-refractivity contribution is -0.137. The molecule has 1 fully saturated rings. The van der Waals surface area contributed by atoms with Crippen LogP contribution in [0.4, 0.5) is 0 Å². The van der Waals surface area contributed by atoms with Gasteiger partial charge in [-0.3, -0.25) is 4.79 Å². The van der Waals surface area contributed by atoms with Crippen LogP contribution in [0.3, 0.4) is 0 Å². The van der Waals surface area contributed by atoms with Crippen molar-refractivity contribution < 1.29 is 24.5 Å². The molecule has 0 bridgehead atoms. The summed E-state index contributed by atoms with van der Waals surface area (Å²) in [4.78, 5) is 11.0. The Morgan fingerprint density at radius 2 is 2.21 bits per heavy atom. The summed E-state index contributed by atoms with van der Waals surface area (Å²) in [6.45, 7) is 0.0999. The largest absolute Gasteiger partial charge is 0.506 e. The third-order valence-electron chi connectivity index (χ3n) is 3.58. The second-order valence-electron chi connectivity index (χ2n) is 4.90. The van der Waals surface area contributed by atoms with Crippen molar-refractivity contribution in [2.75, 3.05) is 6.79 Å². The first-order valence-electron chi connectivity index (χ1n) is 6.10. The van der Waals surface area contributed by atoms with E-state index in [1.165, 1.54) is 0 Å². The Kier molecular flexibility index (Phi) is 3.05. The molecule has 0 radical (unpaired) electrons. The van der Waals surface area contributed by atoms with Crippen LogP contribution >= 0.6 is 15.9 Å². The molecule has 0 aromatic heterocycles. The van der Waals surface area contributed by atoms with Crippen LogP contribution in [0, 0.1) is 5.92 Å². The van der Waals surface area contributed by atoms with Crippen molar-refractivity contribution >= 4 is 21.9 Å². The van der Waals surface area contributed by atoms with Gasteiger partial charge in [0.05, 0.1) is 10.9 Å². The van der Waals surface area contributed by atoms with E-state index in [2.05, 4.69) is 15.9 Å². The second-order valence-corrected chi connectivity index (χ2v) is 5.75. The van der Waals surface area contributed by atoms with Gasteiger partial charge in [0, 0.05) is 17.5 Å². The van der Waals surface area contributed by atoms with E-state index < -0.39 is 5.97 Å². The van der Waals surface area contributed by atoms with Gasteiger partial charge in [-0.15, -0.1) is 0 Å². The van der Waals surface area contributed by atoms with Crippen LogP contribution in [-0.2, 0) is 4.79 Å². The molecule has 2 N–H and O–H groups in total. The highest BCUT2D eigenvalue weighted by molar-refractivity contribution is 9.10. The number of aliphatic carboxylic acids is 1. The molecular weight excluding hydrogens is 316 g/mol. The van der Waals surface area contributed by atoms with Gasteiger partial charge >= 0.3 is 5.97 Å². The lowest BCUT2D eigenvalue weighted by Gasteiger charge is -2.18. The number of aromatic hydroxyl groups is 1. The van der Waals surface area contributed by atoms with E-state index in [1.807, 2.05) is 0 Å². The summed E-state index contributed by atoms with van der Waals surface area (Å²) in [6, 6.07) is 1.64. The molecule has 5 nitrogen and oxygen atoms in total. The van der Waals surface area contributed by atoms with E-state index in [4.69, 9.17) is 14.6 Å². The minimum Gasteiger partial charge on any atom is -0.506 e. The van der Waals surface area contributed by atoms with Crippen LogP contribution < -0.4 is 9.47 Å². The maximum absolute atomic E-state index is 11.0. The highest BCUT2D eigenvalue weighted by Crippen LogP contribution is 2.54. The molecule has 1 aliphatic carbocycles. The number of ether oxygens (including phenoxy) is 2. The summed E-state index contributed by atoms with van der Waals surface area (Å²) in [5, 5.41) is 19.3. The number of phenolic OH excluding ortho intramolecular Hbond substituents is 1. The first-order chi connectivity index (χ1) is 9.08. The summed E-state index contributed by atoms with van der Waals surface area (Å²) in [5.41, 5.74) is 0.562. The van der Waals surface area contributed by atoms with Crippen LogP contribution in [0.15, 0.2) is 10.5 Å². The third kappa shape index (κ3) is 2.25. The van der Waals surface area contributed by atoms with Crippen LogP contribution in [0.2, 0.25) is 0 Å². The van der Waals surface area contributed by atoms with E-state index in [0.29, 0.717) is 27.5 Å². The molecule has 0 saturated heterocycles. The first kappa shape index (κ1) is 12.6. The number of carbonyl (C=O) groups is 1. The normalized spacial score (nSPS) is 18.4. The molecule has 2 aliphatic rings. The van der Waals surface area contributed by atoms with Crippen molar-refractivity contribution in [1.82, 2.24) is 0 Å². The van der Waals surface area contributed by atoms with Crippen molar-refractivity contribution in [3.8, 4) is 17.2 Å². The van der Waals surface area contributed by atoms with E-state index in [9.17, 15) is 9.90 Å². The monoisotopic (exact) mass is 328 g/mol. The summed E-state index contributed by atoms with van der Waals surface area (Å²) < 4.78 is 11.2. The zero-order valence-corrected chi connectivity index (χ0v) is 11.6. The minimum absolute atomic E-state index is 0.00944. The first-order valence-corrected chi connectivity index (χ1v) is 6.90. The van der Waals surface area contributed by atoms with Crippen LogP contribution in [0.25, 0.3) is 0 Å². The van der Waals surface area contributed by atoms with Crippen molar-refractivity contribution in [2.45, 2.75) is 25.2 Å². The Labute approximate surface area is 118 Å². The number of hydrogen-bond acceptors (Lipinski definition) is 4. The number of benzene rings is 1. The molecule has 19 heavy (non-hydrogen) atoms. The second kappa shape index (κ2) is 4.59. The molecule has 0 amide bonds. The van der Waals surface area contributed by atoms with E-state index >= 15 is 0 Å². The Morgan fingerprint density at radius 1 is 1.47 bits per heavy atom.